The van der Waals surface area contributed by atoms with Gasteiger partial charge in [0.25, 0.3) is 0 Å². The molecule has 2 N–H and O–H groups in total. The van der Waals surface area contributed by atoms with Crippen LogP contribution in [0.3, 0.4) is 0 Å². The molecule has 0 aliphatic heterocycles. The molecule has 0 spiro atoms. The summed E-state index contributed by atoms with van der Waals surface area (Å²) in [6.07, 6.45) is 4.36. The summed E-state index contributed by atoms with van der Waals surface area (Å²) in [5.74, 6) is 1.53. The van der Waals surface area contributed by atoms with Gasteiger partial charge in [-0.05, 0) is 30.9 Å². The first-order chi connectivity index (χ1) is 11.8. The van der Waals surface area contributed by atoms with Crippen LogP contribution in [0.25, 0.3) is 11.2 Å². The minimum atomic E-state index is -0.110. The van der Waals surface area contributed by atoms with Crippen LogP contribution in [-0.4, -0.2) is 33.2 Å². The number of ether oxygens (including phenoxy) is 1. The van der Waals surface area contributed by atoms with E-state index < -0.39 is 0 Å². The summed E-state index contributed by atoms with van der Waals surface area (Å²) in [4.78, 5) is 23.6. The van der Waals surface area contributed by atoms with Gasteiger partial charge < -0.3 is 15.0 Å². The summed E-state index contributed by atoms with van der Waals surface area (Å²) < 4.78 is 7.10. The number of fused-ring (bicyclic) bond motifs is 1. The van der Waals surface area contributed by atoms with Crippen LogP contribution in [0.4, 0.5) is 5.82 Å². The van der Waals surface area contributed by atoms with E-state index in [0.717, 1.165) is 30.6 Å². The number of para-hydroxylation sites is 1. The summed E-state index contributed by atoms with van der Waals surface area (Å²) in [7, 11) is 1.67. The van der Waals surface area contributed by atoms with E-state index in [0.29, 0.717) is 23.5 Å². The molecule has 1 fully saturated rings. The van der Waals surface area contributed by atoms with Crippen molar-refractivity contribution in [1.82, 2.24) is 19.5 Å². The Hall–Kier alpha value is -2.83. The van der Waals surface area contributed by atoms with Gasteiger partial charge in [0.05, 0.1) is 7.11 Å². The summed E-state index contributed by atoms with van der Waals surface area (Å²) in [6, 6.07) is 8.22. The van der Waals surface area contributed by atoms with Crippen LogP contribution in [0.1, 0.15) is 24.4 Å². The largest absolute Gasteiger partial charge is 0.496 e. The Balaban J connectivity index is 1.55. The van der Waals surface area contributed by atoms with Crippen LogP contribution in [0, 0.1) is 0 Å². The minimum Gasteiger partial charge on any atom is -0.496 e. The maximum absolute atomic E-state index is 12.1. The number of nitrogens with one attached hydrogen (secondary N) is 2. The van der Waals surface area contributed by atoms with Crippen molar-refractivity contribution in [3.8, 4) is 5.75 Å². The Morgan fingerprint density at radius 1 is 1.33 bits per heavy atom. The summed E-state index contributed by atoms with van der Waals surface area (Å²) >= 11 is 0. The van der Waals surface area contributed by atoms with Gasteiger partial charge in [0.2, 0.25) is 0 Å². The van der Waals surface area contributed by atoms with Gasteiger partial charge in [-0.15, -0.1) is 0 Å². The van der Waals surface area contributed by atoms with Crippen LogP contribution < -0.4 is 15.7 Å². The van der Waals surface area contributed by atoms with E-state index in [1.165, 1.54) is 6.33 Å². The number of aromatic amines is 1. The molecule has 124 valence electrons. The molecule has 1 aromatic carbocycles. The van der Waals surface area contributed by atoms with E-state index >= 15 is 0 Å². The Morgan fingerprint density at radius 3 is 2.96 bits per heavy atom. The Bertz CT molecular complexity index is 926. The number of aromatic nitrogens is 4. The van der Waals surface area contributed by atoms with Gasteiger partial charge in [0, 0.05) is 12.6 Å². The molecule has 0 bridgehead atoms. The van der Waals surface area contributed by atoms with E-state index in [1.807, 2.05) is 24.3 Å². The van der Waals surface area contributed by atoms with Gasteiger partial charge in [0.1, 0.15) is 17.6 Å². The molecule has 4 rings (SSSR count). The molecule has 7 nitrogen and oxygen atoms in total. The fourth-order valence-corrected chi connectivity index (χ4v) is 2.97. The third-order valence-corrected chi connectivity index (χ3v) is 4.30. The maximum Gasteiger partial charge on any atom is 0.328 e. The highest BCUT2D eigenvalue weighted by Gasteiger charge is 2.28. The minimum absolute atomic E-state index is 0.110. The third-order valence-electron chi connectivity index (χ3n) is 4.30. The van der Waals surface area contributed by atoms with Gasteiger partial charge in [-0.25, -0.2) is 14.8 Å². The standard InChI is InChI=1S/C17H19N5O2/c1-24-13-5-3-2-4-11(13)8-9-18-15-14-16(20-10-19-15)22(12-6-7-12)17(23)21-14/h2-5,10,12H,6-9H2,1H3,(H,21,23)(H,18,19,20). The first kappa shape index (κ1) is 14.7. The molecule has 0 amide bonds. The second kappa shape index (κ2) is 5.99. The number of benzene rings is 1. The van der Waals surface area contributed by atoms with E-state index in [4.69, 9.17) is 4.74 Å². The average Bonchev–Trinajstić information content (AvgIpc) is 3.37. The van der Waals surface area contributed by atoms with Crippen LogP contribution in [0.2, 0.25) is 0 Å². The lowest BCUT2D eigenvalue weighted by atomic mass is 10.1. The van der Waals surface area contributed by atoms with Gasteiger partial charge in [-0.3, -0.25) is 4.57 Å². The molecule has 0 radical (unpaired) electrons. The molecule has 2 heterocycles. The van der Waals surface area contributed by atoms with Crippen molar-refractivity contribution in [3.05, 3.63) is 46.6 Å². The number of nitrogens with zero attached hydrogens (tertiary/aromatic N) is 3. The molecule has 0 atom stereocenters. The molecule has 1 saturated carbocycles. The van der Waals surface area contributed by atoms with E-state index in [2.05, 4.69) is 20.3 Å². The molecule has 1 aliphatic rings. The van der Waals surface area contributed by atoms with Crippen LogP contribution in [0.15, 0.2) is 35.4 Å². The second-order valence-corrected chi connectivity index (χ2v) is 5.94. The number of H-pyrrole nitrogens is 1. The molecule has 0 saturated heterocycles. The number of hydrogen-bond acceptors (Lipinski definition) is 5. The third kappa shape index (κ3) is 2.62. The fourth-order valence-electron chi connectivity index (χ4n) is 2.97. The lowest BCUT2D eigenvalue weighted by Gasteiger charge is -2.09. The second-order valence-electron chi connectivity index (χ2n) is 5.94. The predicted octanol–water partition coefficient (Wildman–Crippen LogP) is 2.12. The zero-order valence-corrected chi connectivity index (χ0v) is 13.5. The van der Waals surface area contributed by atoms with Gasteiger partial charge in [-0.2, -0.15) is 0 Å². The van der Waals surface area contributed by atoms with E-state index in [1.54, 1.807) is 11.7 Å². The van der Waals surface area contributed by atoms with E-state index in [-0.39, 0.29) is 11.7 Å². The molecule has 0 unspecified atom stereocenters. The number of hydrogen-bond donors (Lipinski definition) is 2. The number of imidazole rings is 1. The monoisotopic (exact) mass is 325 g/mol. The Kier molecular flexibility index (Phi) is 3.68. The van der Waals surface area contributed by atoms with Gasteiger partial charge in [-0.1, -0.05) is 18.2 Å². The van der Waals surface area contributed by atoms with Crippen molar-refractivity contribution >= 4 is 17.0 Å². The van der Waals surface area contributed by atoms with Gasteiger partial charge >= 0.3 is 5.69 Å². The van der Waals surface area contributed by atoms with Crippen molar-refractivity contribution in [2.75, 3.05) is 19.0 Å². The molecule has 7 heteroatoms. The highest BCUT2D eigenvalue weighted by Crippen LogP contribution is 2.35. The topological polar surface area (TPSA) is 84.8 Å². The zero-order chi connectivity index (χ0) is 16.5. The average molecular weight is 325 g/mol. The predicted molar refractivity (Wildman–Crippen MR) is 91.6 cm³/mol. The van der Waals surface area contributed by atoms with Crippen molar-refractivity contribution < 1.29 is 4.74 Å². The molecular formula is C17H19N5O2. The van der Waals surface area contributed by atoms with Crippen LogP contribution in [0.5, 0.6) is 5.75 Å². The van der Waals surface area contributed by atoms with Crippen LogP contribution >= 0.6 is 0 Å². The molecular weight excluding hydrogens is 306 g/mol. The molecule has 24 heavy (non-hydrogen) atoms. The Morgan fingerprint density at radius 2 is 2.17 bits per heavy atom. The summed E-state index contributed by atoms with van der Waals surface area (Å²) in [6.45, 7) is 0.684. The Labute approximate surface area is 138 Å². The molecule has 2 aromatic heterocycles. The van der Waals surface area contributed by atoms with Crippen molar-refractivity contribution in [1.29, 1.82) is 0 Å². The normalized spacial score (nSPS) is 14.0. The van der Waals surface area contributed by atoms with Crippen LogP contribution in [-0.2, 0) is 6.42 Å². The van der Waals surface area contributed by atoms with Gasteiger partial charge in [0.15, 0.2) is 11.5 Å². The van der Waals surface area contributed by atoms with E-state index in [9.17, 15) is 4.79 Å². The SMILES string of the molecule is COc1ccccc1CCNc1ncnc2c1[nH]c(=O)n2C1CC1. The highest BCUT2D eigenvalue weighted by molar-refractivity contribution is 5.82. The first-order valence-electron chi connectivity index (χ1n) is 8.09. The highest BCUT2D eigenvalue weighted by atomic mass is 16.5. The lowest BCUT2D eigenvalue weighted by molar-refractivity contribution is 0.410. The molecule has 3 aromatic rings. The fraction of sp³-hybridized carbons (Fsp3) is 0.353. The first-order valence-corrected chi connectivity index (χ1v) is 8.09. The van der Waals surface area contributed by atoms with Crippen molar-refractivity contribution in [3.63, 3.8) is 0 Å². The lowest BCUT2D eigenvalue weighted by Crippen LogP contribution is -2.15. The number of anilines is 1. The van der Waals surface area contributed by atoms with Crippen molar-refractivity contribution in [2.24, 2.45) is 0 Å². The summed E-state index contributed by atoms with van der Waals surface area (Å²) in [5, 5.41) is 3.30. The zero-order valence-electron chi connectivity index (χ0n) is 13.5. The smallest absolute Gasteiger partial charge is 0.328 e. The van der Waals surface area contributed by atoms with Crippen molar-refractivity contribution in [2.45, 2.75) is 25.3 Å². The summed E-state index contributed by atoms with van der Waals surface area (Å²) in [5.41, 5.74) is 2.37. The molecule has 1 aliphatic carbocycles. The quantitative estimate of drug-likeness (QED) is 0.725. The maximum atomic E-state index is 12.1. The number of rotatable bonds is 6. The number of methoxy groups -OCH3 is 1.